The highest BCUT2D eigenvalue weighted by Crippen LogP contribution is 2.16. The molecule has 1 unspecified atom stereocenters. The van der Waals surface area contributed by atoms with Crippen molar-refractivity contribution in [3.8, 4) is 0 Å². The van der Waals surface area contributed by atoms with E-state index in [0.717, 1.165) is 16.9 Å². The van der Waals surface area contributed by atoms with Gasteiger partial charge in [0.25, 0.3) is 0 Å². The quantitative estimate of drug-likeness (QED) is 0.815. The SMILES string of the molecule is COC(=O)c1csc(NC(=O)C(N)Cc2ccc(F)cc2)n1. The highest BCUT2D eigenvalue weighted by atomic mass is 32.1. The summed E-state index contributed by atoms with van der Waals surface area (Å²) in [7, 11) is 1.25. The number of nitrogens with two attached hydrogens (primary N) is 1. The van der Waals surface area contributed by atoms with Gasteiger partial charge in [-0.2, -0.15) is 0 Å². The van der Waals surface area contributed by atoms with Gasteiger partial charge in [-0.3, -0.25) is 4.79 Å². The highest BCUT2D eigenvalue weighted by molar-refractivity contribution is 7.14. The fourth-order valence-electron chi connectivity index (χ4n) is 1.69. The monoisotopic (exact) mass is 323 g/mol. The first kappa shape index (κ1) is 16.1. The minimum atomic E-state index is -0.809. The molecule has 0 saturated carbocycles. The number of amides is 1. The largest absolute Gasteiger partial charge is 0.464 e. The minimum absolute atomic E-state index is 0.120. The number of anilines is 1. The van der Waals surface area contributed by atoms with Crippen LogP contribution in [0.2, 0.25) is 0 Å². The Hall–Kier alpha value is -2.32. The summed E-state index contributed by atoms with van der Waals surface area (Å²) in [5, 5.41) is 4.28. The second kappa shape index (κ2) is 7.10. The molecule has 0 bridgehead atoms. The molecule has 2 rings (SSSR count). The number of benzene rings is 1. The van der Waals surface area contributed by atoms with E-state index in [1.165, 1.54) is 24.6 Å². The van der Waals surface area contributed by atoms with Crippen LogP contribution in [-0.4, -0.2) is 30.0 Å². The van der Waals surface area contributed by atoms with Gasteiger partial charge in [-0.05, 0) is 24.1 Å². The lowest BCUT2D eigenvalue weighted by atomic mass is 10.1. The predicted molar refractivity (Wildman–Crippen MR) is 80.2 cm³/mol. The summed E-state index contributed by atoms with van der Waals surface area (Å²) < 4.78 is 17.3. The molecule has 1 amide bonds. The molecule has 0 aliphatic carbocycles. The second-order valence-electron chi connectivity index (χ2n) is 4.46. The molecular weight excluding hydrogens is 309 g/mol. The molecule has 0 spiro atoms. The van der Waals surface area contributed by atoms with E-state index in [0.29, 0.717) is 0 Å². The van der Waals surface area contributed by atoms with E-state index >= 15 is 0 Å². The molecule has 3 N–H and O–H groups in total. The number of aromatic nitrogens is 1. The van der Waals surface area contributed by atoms with Crippen molar-refractivity contribution in [2.45, 2.75) is 12.5 Å². The fourth-order valence-corrected chi connectivity index (χ4v) is 2.38. The van der Waals surface area contributed by atoms with Gasteiger partial charge in [-0.25, -0.2) is 14.2 Å². The van der Waals surface area contributed by atoms with Gasteiger partial charge < -0.3 is 15.8 Å². The second-order valence-corrected chi connectivity index (χ2v) is 5.31. The lowest BCUT2D eigenvalue weighted by Gasteiger charge is -2.10. The lowest BCUT2D eigenvalue weighted by Crippen LogP contribution is -2.37. The van der Waals surface area contributed by atoms with E-state index in [9.17, 15) is 14.0 Å². The summed E-state index contributed by atoms with van der Waals surface area (Å²) >= 11 is 1.10. The van der Waals surface area contributed by atoms with Crippen molar-refractivity contribution in [1.82, 2.24) is 4.98 Å². The third-order valence-corrected chi connectivity index (χ3v) is 3.59. The number of halogens is 1. The molecule has 1 heterocycles. The zero-order valence-corrected chi connectivity index (χ0v) is 12.5. The van der Waals surface area contributed by atoms with Crippen LogP contribution in [0.25, 0.3) is 0 Å². The van der Waals surface area contributed by atoms with Crippen molar-refractivity contribution in [3.63, 3.8) is 0 Å². The predicted octanol–water partition coefficient (Wildman–Crippen LogP) is 1.58. The maximum Gasteiger partial charge on any atom is 0.357 e. The Morgan fingerprint density at radius 3 is 2.73 bits per heavy atom. The van der Waals surface area contributed by atoms with E-state index in [-0.39, 0.29) is 23.1 Å². The normalized spacial score (nSPS) is 11.8. The van der Waals surface area contributed by atoms with E-state index < -0.39 is 17.9 Å². The molecule has 0 aliphatic heterocycles. The first-order valence-corrected chi connectivity index (χ1v) is 7.22. The third-order valence-electron chi connectivity index (χ3n) is 2.83. The Morgan fingerprint density at radius 1 is 1.41 bits per heavy atom. The standard InChI is InChI=1S/C14H14FN3O3S/c1-21-13(20)11-7-22-14(17-11)18-12(19)10(16)6-8-2-4-9(15)5-3-8/h2-5,7,10H,6,16H2,1H3,(H,17,18,19). The van der Waals surface area contributed by atoms with E-state index in [1.54, 1.807) is 12.1 Å². The summed E-state index contributed by atoms with van der Waals surface area (Å²) in [6.07, 6.45) is 0.265. The van der Waals surface area contributed by atoms with Crippen molar-refractivity contribution in [1.29, 1.82) is 0 Å². The maximum atomic E-state index is 12.8. The summed E-state index contributed by atoms with van der Waals surface area (Å²) in [5.74, 6) is -1.36. The maximum absolute atomic E-state index is 12.8. The van der Waals surface area contributed by atoms with Gasteiger partial charge in [0.05, 0.1) is 13.2 Å². The fraction of sp³-hybridized carbons (Fsp3) is 0.214. The molecule has 2 aromatic rings. The Morgan fingerprint density at radius 2 is 2.09 bits per heavy atom. The Labute approximate surface area is 130 Å². The summed E-state index contributed by atoms with van der Waals surface area (Å²) in [4.78, 5) is 27.2. The Kier molecular flexibility index (Phi) is 5.18. The number of thiazole rings is 1. The summed E-state index contributed by atoms with van der Waals surface area (Å²) in [6, 6.07) is 4.95. The number of esters is 1. The summed E-state index contributed by atoms with van der Waals surface area (Å²) in [5.41, 5.74) is 6.68. The molecule has 0 aliphatic rings. The molecule has 0 saturated heterocycles. The van der Waals surface area contributed by atoms with Crippen LogP contribution >= 0.6 is 11.3 Å². The van der Waals surface area contributed by atoms with Crippen molar-refractivity contribution in [3.05, 3.63) is 46.7 Å². The van der Waals surface area contributed by atoms with Crippen LogP contribution < -0.4 is 11.1 Å². The zero-order chi connectivity index (χ0) is 16.1. The zero-order valence-electron chi connectivity index (χ0n) is 11.7. The smallest absolute Gasteiger partial charge is 0.357 e. The van der Waals surface area contributed by atoms with Gasteiger partial charge in [0, 0.05) is 5.38 Å². The minimum Gasteiger partial charge on any atom is -0.464 e. The van der Waals surface area contributed by atoms with Crippen molar-refractivity contribution >= 4 is 28.3 Å². The molecule has 6 nitrogen and oxygen atoms in total. The number of carbonyl (C=O) groups is 2. The topological polar surface area (TPSA) is 94.3 Å². The number of hydrogen-bond donors (Lipinski definition) is 2. The number of nitrogens with zero attached hydrogens (tertiary/aromatic N) is 1. The van der Waals surface area contributed by atoms with Gasteiger partial charge in [0.1, 0.15) is 5.82 Å². The Bertz CT molecular complexity index is 672. The van der Waals surface area contributed by atoms with E-state index in [1.807, 2.05) is 0 Å². The van der Waals surface area contributed by atoms with Crippen LogP contribution in [0.15, 0.2) is 29.6 Å². The molecule has 0 radical (unpaired) electrons. The molecule has 116 valence electrons. The lowest BCUT2D eigenvalue weighted by molar-refractivity contribution is -0.117. The van der Waals surface area contributed by atoms with Crippen LogP contribution in [0.4, 0.5) is 9.52 Å². The van der Waals surface area contributed by atoms with Crippen molar-refractivity contribution in [2.24, 2.45) is 5.73 Å². The van der Waals surface area contributed by atoms with Crippen LogP contribution in [0, 0.1) is 5.82 Å². The van der Waals surface area contributed by atoms with Crippen molar-refractivity contribution in [2.75, 3.05) is 12.4 Å². The molecule has 22 heavy (non-hydrogen) atoms. The number of methoxy groups -OCH3 is 1. The van der Waals surface area contributed by atoms with Crippen molar-refractivity contribution < 1.29 is 18.7 Å². The molecule has 0 fully saturated rings. The van der Waals surface area contributed by atoms with Gasteiger partial charge in [0.2, 0.25) is 5.91 Å². The van der Waals surface area contributed by atoms with Crippen LogP contribution in [0.1, 0.15) is 16.1 Å². The van der Waals surface area contributed by atoms with Crippen LogP contribution in [-0.2, 0) is 16.0 Å². The van der Waals surface area contributed by atoms with Gasteiger partial charge >= 0.3 is 5.97 Å². The number of carbonyl (C=O) groups excluding carboxylic acids is 2. The van der Waals surface area contributed by atoms with Gasteiger partial charge in [-0.1, -0.05) is 12.1 Å². The average Bonchev–Trinajstić information content (AvgIpc) is 2.97. The molecule has 1 atom stereocenters. The molecule has 1 aromatic heterocycles. The van der Waals surface area contributed by atoms with Crippen LogP contribution in [0.5, 0.6) is 0 Å². The van der Waals surface area contributed by atoms with E-state index in [4.69, 9.17) is 5.73 Å². The first-order chi connectivity index (χ1) is 10.5. The first-order valence-electron chi connectivity index (χ1n) is 6.34. The number of rotatable bonds is 5. The molecular formula is C14H14FN3O3S. The van der Waals surface area contributed by atoms with Gasteiger partial charge in [0.15, 0.2) is 10.8 Å². The average molecular weight is 323 g/mol. The summed E-state index contributed by atoms with van der Waals surface area (Å²) in [6.45, 7) is 0. The van der Waals surface area contributed by atoms with Gasteiger partial charge in [-0.15, -0.1) is 11.3 Å². The number of nitrogens with one attached hydrogen (secondary N) is 1. The Balaban J connectivity index is 1.94. The highest BCUT2D eigenvalue weighted by Gasteiger charge is 2.17. The number of hydrogen-bond acceptors (Lipinski definition) is 6. The number of ether oxygens (including phenoxy) is 1. The molecule has 1 aromatic carbocycles. The van der Waals surface area contributed by atoms with Crippen LogP contribution in [0.3, 0.4) is 0 Å². The third kappa shape index (κ3) is 4.09. The van der Waals surface area contributed by atoms with E-state index in [2.05, 4.69) is 15.0 Å². The molecule has 8 heteroatoms.